The minimum absolute atomic E-state index is 0.255. The quantitative estimate of drug-likeness (QED) is 0.502. The van der Waals surface area contributed by atoms with E-state index in [0.717, 1.165) is 22.6 Å². The first-order valence-electron chi connectivity index (χ1n) is 7.05. The Hall–Kier alpha value is -2.47. The number of benzene rings is 2. The van der Waals surface area contributed by atoms with Crippen LogP contribution in [0, 0.1) is 5.82 Å². The van der Waals surface area contributed by atoms with Crippen LogP contribution in [0.25, 0.3) is 0 Å². The van der Waals surface area contributed by atoms with Crippen molar-refractivity contribution >= 4 is 23.0 Å². The zero-order valence-corrected chi connectivity index (χ0v) is 13.8. The van der Waals surface area contributed by atoms with E-state index < -0.39 is 0 Å². The van der Waals surface area contributed by atoms with Gasteiger partial charge >= 0.3 is 0 Å². The Morgan fingerprint density at radius 1 is 1.13 bits per heavy atom. The number of hydrazone groups is 1. The van der Waals surface area contributed by atoms with Crippen molar-refractivity contribution in [2.24, 2.45) is 5.10 Å². The van der Waals surface area contributed by atoms with Crippen LogP contribution in [0.15, 0.2) is 53.6 Å². The van der Waals surface area contributed by atoms with Gasteiger partial charge in [0.2, 0.25) is 0 Å². The van der Waals surface area contributed by atoms with Crippen LogP contribution < -0.4 is 15.5 Å². The molecule has 0 amide bonds. The summed E-state index contributed by atoms with van der Waals surface area (Å²) in [7, 11) is 1.63. The molecule has 2 N–H and O–H groups in total. The fourth-order valence-corrected chi connectivity index (χ4v) is 1.97. The predicted octanol–water partition coefficient (Wildman–Crippen LogP) is 3.22. The summed E-state index contributed by atoms with van der Waals surface area (Å²) >= 11 is 5.16. The lowest BCUT2D eigenvalue weighted by atomic mass is 10.1. The van der Waals surface area contributed by atoms with Gasteiger partial charge in [-0.2, -0.15) is 5.10 Å². The molecular weight excluding hydrogens is 313 g/mol. The summed E-state index contributed by atoms with van der Waals surface area (Å²) in [6.07, 6.45) is 0. The van der Waals surface area contributed by atoms with Crippen molar-refractivity contribution in [1.29, 1.82) is 0 Å². The molecule has 23 heavy (non-hydrogen) atoms. The monoisotopic (exact) mass is 331 g/mol. The van der Waals surface area contributed by atoms with Crippen molar-refractivity contribution < 1.29 is 9.13 Å². The Kier molecular flexibility index (Phi) is 6.05. The summed E-state index contributed by atoms with van der Waals surface area (Å²) in [4.78, 5) is 0. The second-order valence-electron chi connectivity index (χ2n) is 4.85. The van der Waals surface area contributed by atoms with E-state index in [2.05, 4.69) is 15.8 Å². The number of hydrogen-bond donors (Lipinski definition) is 2. The highest BCUT2D eigenvalue weighted by molar-refractivity contribution is 7.80. The van der Waals surface area contributed by atoms with Gasteiger partial charge in [0.05, 0.1) is 12.8 Å². The van der Waals surface area contributed by atoms with Crippen molar-refractivity contribution in [3.63, 3.8) is 0 Å². The molecule has 2 rings (SSSR count). The molecule has 0 bridgehead atoms. The fraction of sp³-hybridized carbons (Fsp3) is 0.176. The Labute approximate surface area is 140 Å². The largest absolute Gasteiger partial charge is 0.497 e. The second-order valence-corrected chi connectivity index (χ2v) is 5.25. The van der Waals surface area contributed by atoms with E-state index in [0.29, 0.717) is 11.7 Å². The Bertz CT molecular complexity index is 684. The Morgan fingerprint density at radius 3 is 2.39 bits per heavy atom. The molecule has 0 fully saturated rings. The third kappa shape index (κ3) is 5.34. The van der Waals surface area contributed by atoms with Crippen LogP contribution in [0.1, 0.15) is 18.1 Å². The lowest BCUT2D eigenvalue weighted by Crippen LogP contribution is -2.32. The van der Waals surface area contributed by atoms with Gasteiger partial charge in [0, 0.05) is 6.54 Å². The van der Waals surface area contributed by atoms with Crippen LogP contribution in [0.4, 0.5) is 4.39 Å². The molecule has 6 heteroatoms. The third-order valence-electron chi connectivity index (χ3n) is 3.20. The van der Waals surface area contributed by atoms with Gasteiger partial charge in [-0.05, 0) is 66.7 Å². The third-order valence-corrected chi connectivity index (χ3v) is 3.43. The van der Waals surface area contributed by atoms with Crippen LogP contribution in [0.5, 0.6) is 5.75 Å². The molecule has 2 aromatic carbocycles. The number of halogens is 1. The molecular formula is C17H18FN3OS. The molecule has 0 aliphatic carbocycles. The number of nitrogens with one attached hydrogen (secondary N) is 2. The summed E-state index contributed by atoms with van der Waals surface area (Å²) in [5.74, 6) is 0.542. The molecule has 0 radical (unpaired) electrons. The first kappa shape index (κ1) is 16.9. The van der Waals surface area contributed by atoms with Gasteiger partial charge in [0.15, 0.2) is 5.11 Å². The average molecular weight is 331 g/mol. The summed E-state index contributed by atoms with van der Waals surface area (Å²) < 4.78 is 17.9. The summed E-state index contributed by atoms with van der Waals surface area (Å²) in [6, 6.07) is 13.8. The minimum Gasteiger partial charge on any atom is -0.497 e. The Morgan fingerprint density at radius 2 is 1.78 bits per heavy atom. The molecule has 0 atom stereocenters. The highest BCUT2D eigenvalue weighted by atomic mass is 32.1. The zero-order valence-electron chi connectivity index (χ0n) is 13.0. The lowest BCUT2D eigenvalue weighted by molar-refractivity contribution is 0.415. The van der Waals surface area contributed by atoms with E-state index in [4.69, 9.17) is 17.0 Å². The summed E-state index contributed by atoms with van der Waals surface area (Å²) in [5.41, 5.74) is 5.51. The zero-order chi connectivity index (χ0) is 16.7. The molecule has 0 saturated carbocycles. The van der Waals surface area contributed by atoms with Crippen LogP contribution in [-0.4, -0.2) is 17.9 Å². The maximum Gasteiger partial charge on any atom is 0.187 e. The molecule has 0 aromatic heterocycles. The summed E-state index contributed by atoms with van der Waals surface area (Å²) in [5, 5.41) is 7.66. The van der Waals surface area contributed by atoms with Gasteiger partial charge < -0.3 is 10.1 Å². The van der Waals surface area contributed by atoms with Crippen molar-refractivity contribution in [1.82, 2.24) is 10.7 Å². The van der Waals surface area contributed by atoms with Crippen LogP contribution in [-0.2, 0) is 6.54 Å². The smallest absolute Gasteiger partial charge is 0.187 e. The SMILES string of the molecule is COc1ccc(/C(C)=N\NC(=S)NCc2ccc(F)cc2)cc1. The molecule has 0 saturated heterocycles. The van der Waals surface area contributed by atoms with E-state index >= 15 is 0 Å². The predicted molar refractivity (Wildman–Crippen MR) is 94.2 cm³/mol. The maximum absolute atomic E-state index is 12.8. The molecule has 0 heterocycles. The number of rotatable bonds is 5. The molecule has 0 spiro atoms. The normalized spacial score (nSPS) is 11.0. The molecule has 0 aliphatic rings. The standard InChI is InChI=1S/C17H18FN3OS/c1-12(14-5-9-16(22-2)10-6-14)20-21-17(23)19-11-13-3-7-15(18)8-4-13/h3-10H,11H2,1-2H3,(H2,19,21,23)/b20-12-. The van der Waals surface area contributed by atoms with Crippen molar-refractivity contribution in [3.8, 4) is 5.75 Å². The fourth-order valence-electron chi connectivity index (χ4n) is 1.86. The van der Waals surface area contributed by atoms with E-state index in [9.17, 15) is 4.39 Å². The van der Waals surface area contributed by atoms with Crippen LogP contribution in [0.2, 0.25) is 0 Å². The van der Waals surface area contributed by atoms with Crippen molar-refractivity contribution in [3.05, 3.63) is 65.5 Å². The molecule has 4 nitrogen and oxygen atoms in total. The van der Waals surface area contributed by atoms with Crippen LogP contribution in [0.3, 0.4) is 0 Å². The molecule has 0 aliphatic heterocycles. The summed E-state index contributed by atoms with van der Waals surface area (Å²) in [6.45, 7) is 2.39. The van der Waals surface area contributed by atoms with Crippen molar-refractivity contribution in [2.75, 3.05) is 7.11 Å². The van der Waals surface area contributed by atoms with Gasteiger partial charge in [-0.3, -0.25) is 5.43 Å². The maximum atomic E-state index is 12.8. The van der Waals surface area contributed by atoms with Gasteiger partial charge in [0.1, 0.15) is 11.6 Å². The highest BCUT2D eigenvalue weighted by Gasteiger charge is 2.00. The van der Waals surface area contributed by atoms with Gasteiger partial charge in [-0.15, -0.1) is 0 Å². The second kappa shape index (κ2) is 8.24. The highest BCUT2D eigenvalue weighted by Crippen LogP contribution is 2.11. The Balaban J connectivity index is 1.85. The number of ether oxygens (including phenoxy) is 1. The van der Waals surface area contributed by atoms with Gasteiger partial charge in [-0.25, -0.2) is 4.39 Å². The van der Waals surface area contributed by atoms with E-state index in [1.165, 1.54) is 12.1 Å². The first-order valence-corrected chi connectivity index (χ1v) is 7.46. The number of thiocarbonyl (C=S) groups is 1. The lowest BCUT2D eigenvalue weighted by Gasteiger charge is -2.08. The molecule has 120 valence electrons. The van der Waals surface area contributed by atoms with E-state index in [1.807, 2.05) is 31.2 Å². The topological polar surface area (TPSA) is 45.6 Å². The number of nitrogens with zero attached hydrogens (tertiary/aromatic N) is 1. The van der Waals surface area contributed by atoms with Gasteiger partial charge in [0.25, 0.3) is 0 Å². The van der Waals surface area contributed by atoms with E-state index in [-0.39, 0.29) is 5.82 Å². The van der Waals surface area contributed by atoms with Gasteiger partial charge in [-0.1, -0.05) is 12.1 Å². The molecule has 0 unspecified atom stereocenters. The van der Waals surface area contributed by atoms with Crippen LogP contribution >= 0.6 is 12.2 Å². The van der Waals surface area contributed by atoms with E-state index in [1.54, 1.807) is 19.2 Å². The number of hydrogen-bond acceptors (Lipinski definition) is 3. The van der Waals surface area contributed by atoms with Crippen molar-refractivity contribution in [2.45, 2.75) is 13.5 Å². The number of methoxy groups -OCH3 is 1. The minimum atomic E-state index is -0.255. The first-order chi connectivity index (χ1) is 11.1. The average Bonchev–Trinajstić information content (AvgIpc) is 2.59. The molecule has 2 aromatic rings.